The molecule has 15 heteroatoms. The van der Waals surface area contributed by atoms with Gasteiger partial charge in [0.2, 0.25) is 15.3 Å². The molecule has 40 heavy (non-hydrogen) atoms. The van der Waals surface area contributed by atoms with E-state index in [9.17, 15) is 13.2 Å². The summed E-state index contributed by atoms with van der Waals surface area (Å²) in [5.74, 6) is -0.607. The van der Waals surface area contributed by atoms with Gasteiger partial charge in [-0.3, -0.25) is 4.90 Å². The van der Waals surface area contributed by atoms with Crippen LogP contribution in [0, 0.1) is 0 Å². The maximum absolute atomic E-state index is 13.5. The highest BCUT2D eigenvalue weighted by Gasteiger charge is 2.57. The zero-order chi connectivity index (χ0) is 29.2. The van der Waals surface area contributed by atoms with Crippen molar-refractivity contribution in [1.82, 2.24) is 24.1 Å². The molecule has 2 aromatic rings. The van der Waals surface area contributed by atoms with Crippen molar-refractivity contribution in [3.63, 3.8) is 0 Å². The highest BCUT2D eigenvalue weighted by molar-refractivity contribution is 7.88. The van der Waals surface area contributed by atoms with Gasteiger partial charge in [-0.1, -0.05) is 12.8 Å². The van der Waals surface area contributed by atoms with Crippen molar-refractivity contribution in [3.05, 3.63) is 11.5 Å². The van der Waals surface area contributed by atoms with Crippen molar-refractivity contribution >= 4 is 44.6 Å². The molecule has 1 amide bonds. The maximum Gasteiger partial charge on any atom is 0.416 e. The summed E-state index contributed by atoms with van der Waals surface area (Å²) in [5.41, 5.74) is -0.364. The predicted molar refractivity (Wildman–Crippen MR) is 147 cm³/mol. The summed E-state index contributed by atoms with van der Waals surface area (Å²) in [4.78, 5) is 24.0. The Bertz CT molecular complexity index is 1390. The lowest BCUT2D eigenvalue weighted by Gasteiger charge is -2.31. The predicted octanol–water partition coefficient (Wildman–Crippen LogP) is 3.47. The lowest BCUT2D eigenvalue weighted by Crippen LogP contribution is -2.43. The van der Waals surface area contributed by atoms with E-state index in [2.05, 4.69) is 15.1 Å². The van der Waals surface area contributed by atoms with Crippen LogP contribution in [0.25, 0.3) is 11.0 Å². The van der Waals surface area contributed by atoms with Crippen LogP contribution in [0.15, 0.2) is 6.20 Å². The number of hydrogen-bond donors (Lipinski definition) is 0. The third-order valence-electron chi connectivity index (χ3n) is 7.28. The number of carbonyl (C=O) groups excluding carboxylic acids is 1. The SMILES string of the molecule is CN(C[C@H]1O[C@@H](n2ncc3c(N(C(=O)OC(C)(C)C)C4CCCC4)nc(Cl)nc32)[C@@H]2OC(C)(C)O[C@@H]21)S(C)(=O)=O. The lowest BCUT2D eigenvalue weighted by molar-refractivity contribution is -0.198. The molecule has 4 atom stereocenters. The molecular formula is C25H37ClN6O7S. The summed E-state index contributed by atoms with van der Waals surface area (Å²) in [7, 11) is -1.97. The van der Waals surface area contributed by atoms with Crippen LogP contribution in [0.3, 0.4) is 0 Å². The highest BCUT2D eigenvalue weighted by atomic mass is 35.5. The van der Waals surface area contributed by atoms with Gasteiger partial charge in [0.1, 0.15) is 23.9 Å². The van der Waals surface area contributed by atoms with Gasteiger partial charge in [-0.15, -0.1) is 0 Å². The Morgan fingerprint density at radius 2 is 1.85 bits per heavy atom. The number of sulfonamides is 1. The van der Waals surface area contributed by atoms with Crippen LogP contribution >= 0.6 is 11.6 Å². The summed E-state index contributed by atoms with van der Waals surface area (Å²) in [6.45, 7) is 9.08. The third kappa shape index (κ3) is 5.79. The molecule has 1 aliphatic carbocycles. The van der Waals surface area contributed by atoms with Crippen LogP contribution in [0.1, 0.15) is 66.5 Å². The van der Waals surface area contributed by atoms with E-state index in [1.807, 2.05) is 20.8 Å². The number of carbonyl (C=O) groups is 1. The highest BCUT2D eigenvalue weighted by Crippen LogP contribution is 2.44. The van der Waals surface area contributed by atoms with Crippen LogP contribution in [0.4, 0.5) is 10.6 Å². The molecule has 3 fully saturated rings. The second-order valence-electron chi connectivity index (χ2n) is 12.1. The number of ether oxygens (including phenoxy) is 4. The third-order valence-corrected chi connectivity index (χ3v) is 8.73. The molecule has 0 aromatic carbocycles. The summed E-state index contributed by atoms with van der Waals surface area (Å²) in [6.07, 6.45) is 3.18. The Morgan fingerprint density at radius 3 is 2.48 bits per heavy atom. The number of anilines is 1. The van der Waals surface area contributed by atoms with E-state index < -0.39 is 52.0 Å². The molecule has 2 saturated heterocycles. The van der Waals surface area contributed by atoms with Crippen LogP contribution < -0.4 is 4.90 Å². The topological polar surface area (TPSA) is 138 Å². The quantitative estimate of drug-likeness (QED) is 0.453. The van der Waals surface area contributed by atoms with Crippen LogP contribution in [-0.2, 0) is 29.0 Å². The van der Waals surface area contributed by atoms with E-state index in [-0.39, 0.29) is 17.9 Å². The van der Waals surface area contributed by atoms with E-state index >= 15 is 0 Å². The number of likely N-dealkylation sites (N-methyl/N-ethyl adjacent to an activating group) is 1. The van der Waals surface area contributed by atoms with Gasteiger partial charge in [-0.25, -0.2) is 22.2 Å². The van der Waals surface area contributed by atoms with Gasteiger partial charge in [0.15, 0.2) is 23.5 Å². The number of hydrogen-bond acceptors (Lipinski definition) is 10. The lowest BCUT2D eigenvalue weighted by atomic mass is 10.1. The van der Waals surface area contributed by atoms with Crippen molar-refractivity contribution in [3.8, 4) is 0 Å². The summed E-state index contributed by atoms with van der Waals surface area (Å²) in [5, 5.41) is 5.01. The first-order valence-corrected chi connectivity index (χ1v) is 15.6. The van der Waals surface area contributed by atoms with Crippen molar-refractivity contribution in [1.29, 1.82) is 0 Å². The van der Waals surface area contributed by atoms with E-state index in [0.717, 1.165) is 31.9 Å². The Balaban J connectivity index is 1.55. The van der Waals surface area contributed by atoms with Crippen LogP contribution in [0.2, 0.25) is 5.28 Å². The van der Waals surface area contributed by atoms with Crippen LogP contribution in [0.5, 0.6) is 0 Å². The fraction of sp³-hybridized carbons (Fsp3) is 0.760. The normalized spacial score (nSPS) is 27.0. The van der Waals surface area contributed by atoms with E-state index in [1.165, 1.54) is 16.0 Å². The van der Waals surface area contributed by atoms with E-state index in [0.29, 0.717) is 16.9 Å². The zero-order valence-corrected chi connectivity index (χ0v) is 25.4. The molecule has 0 radical (unpaired) electrons. The number of fused-ring (bicyclic) bond motifs is 2. The van der Waals surface area contributed by atoms with Crippen molar-refractivity contribution in [2.75, 3.05) is 24.7 Å². The first-order valence-electron chi connectivity index (χ1n) is 13.4. The summed E-state index contributed by atoms with van der Waals surface area (Å²) < 4.78 is 51.4. The van der Waals surface area contributed by atoms with Crippen molar-refractivity contribution < 1.29 is 32.2 Å². The van der Waals surface area contributed by atoms with Gasteiger partial charge >= 0.3 is 6.09 Å². The maximum atomic E-state index is 13.5. The van der Waals surface area contributed by atoms with Gasteiger partial charge in [-0.2, -0.15) is 15.1 Å². The summed E-state index contributed by atoms with van der Waals surface area (Å²) in [6, 6.07) is -0.109. The standard InChI is InChI=1S/C25H37ClN6O7S/c1-24(2,3)39-23(33)31(14-10-8-9-11-14)19-15-12-27-32(20(15)29-22(26)28-19)21-18-17(37-25(4,5)38-18)16(36-21)13-30(6)40(7,34)35/h12,14,16-18,21H,8-11,13H2,1-7H3/t16-,17-,18-,21-/m1/s1. The number of amides is 1. The molecule has 0 spiro atoms. The zero-order valence-electron chi connectivity index (χ0n) is 23.8. The number of halogens is 1. The second kappa shape index (κ2) is 10.3. The van der Waals surface area contributed by atoms with E-state index in [4.69, 9.17) is 30.5 Å². The summed E-state index contributed by atoms with van der Waals surface area (Å²) >= 11 is 6.44. The average Bonchev–Trinajstić information content (AvgIpc) is 3.57. The van der Waals surface area contributed by atoms with Crippen molar-refractivity contribution in [2.45, 2.75) is 102 Å². The molecule has 2 aliphatic heterocycles. The van der Waals surface area contributed by atoms with Crippen molar-refractivity contribution in [2.24, 2.45) is 0 Å². The fourth-order valence-electron chi connectivity index (χ4n) is 5.53. The molecular weight excluding hydrogens is 564 g/mol. The first-order chi connectivity index (χ1) is 18.5. The Kier molecular flexibility index (Phi) is 7.58. The second-order valence-corrected chi connectivity index (χ2v) is 14.5. The van der Waals surface area contributed by atoms with Crippen LogP contribution in [-0.4, -0.2) is 94.2 Å². The van der Waals surface area contributed by atoms with Gasteiger partial charge < -0.3 is 18.9 Å². The van der Waals surface area contributed by atoms with Gasteiger partial charge in [-0.05, 0) is 59.1 Å². The molecule has 2 aromatic heterocycles. The van der Waals surface area contributed by atoms with Gasteiger partial charge in [0.05, 0.1) is 17.8 Å². The largest absolute Gasteiger partial charge is 0.443 e. The number of nitrogens with zero attached hydrogens (tertiary/aromatic N) is 6. The molecule has 0 N–H and O–H groups in total. The molecule has 13 nitrogen and oxygen atoms in total. The number of rotatable bonds is 6. The fourth-order valence-corrected chi connectivity index (χ4v) is 6.11. The van der Waals surface area contributed by atoms with Gasteiger partial charge in [0.25, 0.3) is 0 Å². The Labute approximate surface area is 239 Å². The molecule has 1 saturated carbocycles. The molecule has 3 aliphatic rings. The smallest absolute Gasteiger partial charge is 0.416 e. The van der Waals surface area contributed by atoms with E-state index in [1.54, 1.807) is 24.9 Å². The first kappa shape index (κ1) is 29.4. The minimum Gasteiger partial charge on any atom is -0.443 e. The molecule has 4 heterocycles. The Morgan fingerprint density at radius 1 is 1.20 bits per heavy atom. The molecule has 0 unspecified atom stereocenters. The monoisotopic (exact) mass is 600 g/mol. The number of aromatic nitrogens is 4. The Hall–Kier alpha value is -2.10. The molecule has 5 rings (SSSR count). The van der Waals surface area contributed by atoms with Gasteiger partial charge in [0, 0.05) is 19.6 Å². The molecule has 0 bridgehead atoms. The average molecular weight is 601 g/mol. The minimum atomic E-state index is -3.46. The molecule has 222 valence electrons. The minimum absolute atomic E-state index is 0.0598.